The quantitative estimate of drug-likeness (QED) is 0.390. The monoisotopic (exact) mass is 423 g/mol. The molecule has 12 heteroatoms. The molecule has 2 heterocycles. The van der Waals surface area contributed by atoms with E-state index in [0.717, 1.165) is 0 Å². The van der Waals surface area contributed by atoms with Crippen molar-refractivity contribution < 1.29 is 9.90 Å². The van der Waals surface area contributed by atoms with Crippen LogP contribution in [0.15, 0.2) is 69.2 Å². The molecule has 1 aromatic carbocycles. The number of azide groups is 2. The first-order valence-corrected chi connectivity index (χ1v) is 8.94. The zero-order chi connectivity index (χ0) is 21.5. The van der Waals surface area contributed by atoms with E-state index in [1.165, 1.54) is 6.07 Å². The fourth-order valence-electron chi connectivity index (χ4n) is 2.97. The van der Waals surface area contributed by atoms with Gasteiger partial charge in [-0.15, -0.1) is 0 Å². The van der Waals surface area contributed by atoms with Crippen LogP contribution in [0, 0.1) is 0 Å². The molecule has 0 aliphatic carbocycles. The number of aromatic nitrogens is 1. The topological polar surface area (TPSA) is 172 Å². The van der Waals surface area contributed by atoms with Gasteiger partial charge in [-0.2, -0.15) is 0 Å². The second-order valence-electron chi connectivity index (χ2n) is 6.00. The third-order valence-corrected chi connectivity index (χ3v) is 4.58. The number of aliphatic hydroxyl groups is 1. The fraction of sp³-hybridized carbons (Fsp3) is 0.167. The van der Waals surface area contributed by atoms with E-state index in [4.69, 9.17) is 22.7 Å². The molecule has 1 aliphatic rings. The van der Waals surface area contributed by atoms with Crippen LogP contribution < -0.4 is 5.32 Å². The summed E-state index contributed by atoms with van der Waals surface area (Å²) in [4.78, 5) is 26.7. The Labute approximate surface area is 175 Å². The van der Waals surface area contributed by atoms with Crippen LogP contribution in [0.4, 0.5) is 5.69 Å². The smallest absolute Gasteiger partial charge is 0.188 e. The van der Waals surface area contributed by atoms with Gasteiger partial charge in [0.2, 0.25) is 0 Å². The molecular formula is C18H14ClN9O2. The first kappa shape index (κ1) is 20.8. The molecule has 0 fully saturated rings. The summed E-state index contributed by atoms with van der Waals surface area (Å²) in [5.41, 5.74) is 19.2. The lowest BCUT2D eigenvalue weighted by Gasteiger charge is -2.28. The molecule has 3 rings (SSSR count). The molecule has 0 saturated heterocycles. The van der Waals surface area contributed by atoms with Crippen LogP contribution in [-0.4, -0.2) is 34.9 Å². The maximum Gasteiger partial charge on any atom is 0.188 e. The van der Waals surface area contributed by atoms with Crippen LogP contribution in [0.1, 0.15) is 17.2 Å². The normalized spacial score (nSPS) is 15.4. The Morgan fingerprint density at radius 1 is 1.23 bits per heavy atom. The average molecular weight is 424 g/mol. The van der Waals surface area contributed by atoms with Crippen LogP contribution >= 0.6 is 11.6 Å². The number of nitrogens with zero attached hydrogens (tertiary/aromatic N) is 8. The predicted molar refractivity (Wildman–Crippen MR) is 110 cm³/mol. The number of rotatable bonds is 7. The van der Waals surface area contributed by atoms with Gasteiger partial charge in [0.1, 0.15) is 18.5 Å². The van der Waals surface area contributed by atoms with Crippen LogP contribution in [0.3, 0.4) is 0 Å². The molecule has 1 atom stereocenters. The molecule has 0 radical (unpaired) electrons. The van der Waals surface area contributed by atoms with E-state index in [-0.39, 0.29) is 17.1 Å². The van der Waals surface area contributed by atoms with Crippen LogP contribution in [0.25, 0.3) is 20.9 Å². The van der Waals surface area contributed by atoms with E-state index in [2.05, 4.69) is 35.3 Å². The second kappa shape index (κ2) is 9.55. The van der Waals surface area contributed by atoms with Gasteiger partial charge in [0.05, 0.1) is 6.54 Å². The highest BCUT2D eigenvalue weighted by Gasteiger charge is 2.31. The summed E-state index contributed by atoms with van der Waals surface area (Å²) in [5.74, 6) is -0.182. The van der Waals surface area contributed by atoms with Crippen LogP contribution in [-0.2, 0) is 4.79 Å². The number of amidine groups is 1. The number of Topliss-reactive ketones (excluding diaryl/α,β-unsaturated/α-hetero) is 1. The van der Waals surface area contributed by atoms with Gasteiger partial charge in [0.15, 0.2) is 5.78 Å². The zero-order valence-electron chi connectivity index (χ0n) is 15.3. The molecule has 11 nitrogen and oxygen atoms in total. The Bertz CT molecular complexity index is 1130. The number of carbonyl (C=O) groups is 1. The van der Waals surface area contributed by atoms with Crippen molar-refractivity contribution in [1.29, 1.82) is 0 Å². The highest BCUT2D eigenvalue weighted by atomic mass is 35.5. The standard InChI is InChI=1S/C18H14ClN9O2/c19-13-7-11(26-28-21)1-2-12(13)17-16(15(30)9-29)14(8-23-27-20)24-18(25-17)10-3-5-22-6-4-10/h1-7,17,29H,8-9H2,(H,24,25). The number of hydrogen-bond donors (Lipinski definition) is 2. The molecule has 2 N–H and O–H groups in total. The summed E-state index contributed by atoms with van der Waals surface area (Å²) in [6, 6.07) is 7.14. The third-order valence-electron chi connectivity index (χ3n) is 4.25. The SMILES string of the molecule is [N-]=[N+]=NCC1=C(C(=O)CO)C(c2ccc(N=[N+]=[N-])cc2Cl)N=C(c2ccncc2)N1. The van der Waals surface area contributed by atoms with Gasteiger partial charge >= 0.3 is 0 Å². The lowest BCUT2D eigenvalue weighted by Crippen LogP contribution is -2.35. The summed E-state index contributed by atoms with van der Waals surface area (Å²) < 4.78 is 0. The van der Waals surface area contributed by atoms with Crippen LogP contribution in [0.5, 0.6) is 0 Å². The Morgan fingerprint density at radius 2 is 2.00 bits per heavy atom. The number of hydrogen-bond acceptors (Lipinski definition) is 7. The van der Waals surface area contributed by atoms with Crippen molar-refractivity contribution in [2.24, 2.45) is 15.2 Å². The Kier molecular flexibility index (Phi) is 6.63. The molecule has 0 spiro atoms. The first-order chi connectivity index (χ1) is 14.6. The number of ketones is 1. The predicted octanol–water partition coefficient (Wildman–Crippen LogP) is 3.89. The summed E-state index contributed by atoms with van der Waals surface area (Å²) in [6.45, 7) is -0.922. The Morgan fingerprint density at radius 3 is 2.63 bits per heavy atom. The van der Waals surface area contributed by atoms with Crippen molar-refractivity contribution >= 4 is 28.9 Å². The van der Waals surface area contributed by atoms with E-state index in [1.807, 2.05) is 0 Å². The molecule has 150 valence electrons. The van der Waals surface area contributed by atoms with Crippen LogP contribution in [0.2, 0.25) is 5.02 Å². The second-order valence-corrected chi connectivity index (χ2v) is 6.41. The summed E-state index contributed by atoms with van der Waals surface area (Å²) in [6.07, 6.45) is 3.17. The molecule has 2 aromatic rings. The van der Waals surface area contributed by atoms with Crippen molar-refractivity contribution in [2.75, 3.05) is 13.2 Å². The van der Waals surface area contributed by atoms with E-state index in [0.29, 0.717) is 28.3 Å². The van der Waals surface area contributed by atoms with E-state index in [1.54, 1.807) is 36.7 Å². The van der Waals surface area contributed by atoms with Crippen molar-refractivity contribution in [2.45, 2.75) is 6.04 Å². The number of halogens is 1. The molecular weight excluding hydrogens is 410 g/mol. The molecule has 1 unspecified atom stereocenters. The Hall–Kier alpha value is -3.88. The van der Waals surface area contributed by atoms with E-state index in [9.17, 15) is 9.90 Å². The summed E-state index contributed by atoms with van der Waals surface area (Å²) >= 11 is 6.40. The summed E-state index contributed by atoms with van der Waals surface area (Å²) in [7, 11) is 0. The minimum atomic E-state index is -0.884. The first-order valence-electron chi connectivity index (χ1n) is 8.56. The fourth-order valence-corrected chi connectivity index (χ4v) is 3.25. The van der Waals surface area contributed by atoms with Gasteiger partial charge in [-0.05, 0) is 34.8 Å². The number of pyridine rings is 1. The van der Waals surface area contributed by atoms with Gasteiger partial charge in [0, 0.05) is 49.8 Å². The van der Waals surface area contributed by atoms with Crippen molar-refractivity contribution in [1.82, 2.24) is 10.3 Å². The van der Waals surface area contributed by atoms with Gasteiger partial charge in [-0.25, -0.2) is 0 Å². The van der Waals surface area contributed by atoms with Gasteiger partial charge < -0.3 is 10.4 Å². The lowest BCUT2D eigenvalue weighted by atomic mass is 9.92. The number of nitrogens with one attached hydrogen (secondary N) is 1. The number of carbonyl (C=O) groups excluding carboxylic acids is 1. The average Bonchev–Trinajstić information content (AvgIpc) is 2.77. The van der Waals surface area contributed by atoms with Gasteiger partial charge in [-0.1, -0.05) is 34.0 Å². The van der Waals surface area contributed by atoms with Crippen molar-refractivity contribution in [3.05, 3.63) is 91.0 Å². The van der Waals surface area contributed by atoms with Crippen molar-refractivity contribution in [3.63, 3.8) is 0 Å². The minimum Gasteiger partial charge on any atom is -0.388 e. The molecule has 0 saturated carbocycles. The minimum absolute atomic E-state index is 0.126. The molecule has 1 aliphatic heterocycles. The molecule has 0 bridgehead atoms. The van der Waals surface area contributed by atoms with Crippen molar-refractivity contribution in [3.8, 4) is 0 Å². The van der Waals surface area contributed by atoms with E-state index >= 15 is 0 Å². The van der Waals surface area contributed by atoms with E-state index < -0.39 is 18.4 Å². The maximum atomic E-state index is 12.6. The molecule has 0 amide bonds. The maximum absolute atomic E-state index is 12.6. The number of aliphatic hydroxyl groups excluding tert-OH is 1. The lowest BCUT2D eigenvalue weighted by molar-refractivity contribution is -0.118. The zero-order valence-corrected chi connectivity index (χ0v) is 16.1. The van der Waals surface area contributed by atoms with Gasteiger partial charge in [-0.3, -0.25) is 14.8 Å². The highest BCUT2D eigenvalue weighted by molar-refractivity contribution is 6.31. The molecule has 30 heavy (non-hydrogen) atoms. The highest BCUT2D eigenvalue weighted by Crippen LogP contribution is 2.37. The largest absolute Gasteiger partial charge is 0.388 e. The number of benzene rings is 1. The summed E-state index contributed by atoms with van der Waals surface area (Å²) in [5, 5.41) is 19.8. The molecule has 1 aromatic heterocycles. The Balaban J connectivity index is 2.21. The van der Waals surface area contributed by atoms with Gasteiger partial charge in [0.25, 0.3) is 0 Å². The number of aliphatic imine (C=N–C) groups is 1. The third kappa shape index (κ3) is 4.40.